The highest BCUT2D eigenvalue weighted by Gasteiger charge is 2.24. The van der Waals surface area contributed by atoms with E-state index in [-0.39, 0.29) is 34.5 Å². The average molecular weight is 609 g/mol. The van der Waals surface area contributed by atoms with E-state index in [0.717, 1.165) is 33.5 Å². The van der Waals surface area contributed by atoms with Gasteiger partial charge in [0.2, 0.25) is 5.91 Å². The number of nitrogens with one attached hydrogen (secondary N) is 1. The van der Waals surface area contributed by atoms with Crippen LogP contribution < -0.4 is 10.9 Å². The minimum Gasteiger partial charge on any atom is -0.462 e. The quantitative estimate of drug-likeness (QED) is 0.0924. The van der Waals surface area contributed by atoms with Crippen LogP contribution in [-0.2, 0) is 9.53 Å². The molecule has 0 unspecified atom stereocenters. The summed E-state index contributed by atoms with van der Waals surface area (Å²) in [5.41, 5.74) is 2.09. The predicted octanol–water partition coefficient (Wildman–Crippen LogP) is 6.55. The third kappa shape index (κ3) is 5.39. The number of benzene rings is 2. The summed E-state index contributed by atoms with van der Waals surface area (Å²) in [7, 11) is 0. The molecule has 0 radical (unpaired) electrons. The molecule has 0 fully saturated rings. The number of thiophene rings is 1. The van der Waals surface area contributed by atoms with Crippen molar-refractivity contribution in [3.05, 3.63) is 90.3 Å². The van der Waals surface area contributed by atoms with Crippen molar-refractivity contribution < 1.29 is 14.3 Å². The lowest BCUT2D eigenvalue weighted by molar-refractivity contribution is -0.113. The van der Waals surface area contributed by atoms with Crippen molar-refractivity contribution in [1.29, 1.82) is 0 Å². The Morgan fingerprint density at radius 1 is 1.00 bits per heavy atom. The molecule has 40 heavy (non-hydrogen) atoms. The molecule has 12 heteroatoms. The second kappa shape index (κ2) is 11.9. The first-order valence-electron chi connectivity index (χ1n) is 12.3. The summed E-state index contributed by atoms with van der Waals surface area (Å²) >= 11 is 9.23. The highest BCUT2D eigenvalue weighted by molar-refractivity contribution is 7.99. The molecule has 204 valence electrons. The van der Waals surface area contributed by atoms with E-state index < -0.39 is 5.97 Å². The molecule has 2 aromatic carbocycles. The summed E-state index contributed by atoms with van der Waals surface area (Å²) in [6.45, 7) is 5.79. The molecule has 3 heterocycles. The number of rotatable bonds is 8. The minimum atomic E-state index is -0.565. The first-order chi connectivity index (χ1) is 19.3. The van der Waals surface area contributed by atoms with Gasteiger partial charge in [0.15, 0.2) is 14.0 Å². The van der Waals surface area contributed by atoms with E-state index in [4.69, 9.17) is 21.9 Å². The fourth-order valence-electron chi connectivity index (χ4n) is 4.11. The molecule has 0 atom stereocenters. The van der Waals surface area contributed by atoms with Crippen molar-refractivity contribution in [2.24, 2.45) is 0 Å². The van der Waals surface area contributed by atoms with Crippen LogP contribution in [-0.4, -0.2) is 38.4 Å². The van der Waals surface area contributed by atoms with Crippen LogP contribution in [0.15, 0.2) is 70.6 Å². The Morgan fingerprint density at radius 2 is 1.62 bits per heavy atom. The van der Waals surface area contributed by atoms with Crippen molar-refractivity contribution >= 4 is 74.6 Å². The molecule has 0 saturated heterocycles. The van der Waals surface area contributed by atoms with E-state index in [9.17, 15) is 14.4 Å². The average Bonchev–Trinajstić information content (AvgIpc) is 3.43. The summed E-state index contributed by atoms with van der Waals surface area (Å²) in [6, 6.07) is 18.5. The van der Waals surface area contributed by atoms with Crippen molar-refractivity contribution in [3.8, 4) is 11.4 Å². The summed E-state index contributed by atoms with van der Waals surface area (Å²) in [5, 5.41) is 3.85. The number of esters is 1. The number of para-hydroxylation sites is 2. The van der Waals surface area contributed by atoms with Gasteiger partial charge in [0, 0.05) is 10.6 Å². The number of hydrogen-bond donors (Lipinski definition) is 1. The zero-order valence-corrected chi connectivity index (χ0v) is 25.1. The van der Waals surface area contributed by atoms with Crippen molar-refractivity contribution in [1.82, 2.24) is 14.1 Å². The number of aryl methyl sites for hydroxylation is 2. The van der Waals surface area contributed by atoms with Gasteiger partial charge in [-0.1, -0.05) is 59.5 Å². The maximum Gasteiger partial charge on any atom is 0.352 e. The summed E-state index contributed by atoms with van der Waals surface area (Å²) in [5.74, 6) is -0.766. The number of hydrogen-bond acceptors (Lipinski definition) is 9. The second-order valence-corrected chi connectivity index (χ2v) is 12.4. The molecule has 0 bridgehead atoms. The summed E-state index contributed by atoms with van der Waals surface area (Å²) in [4.78, 5) is 46.4. The Kier molecular flexibility index (Phi) is 8.31. The largest absolute Gasteiger partial charge is 0.462 e. The Bertz CT molecular complexity index is 1840. The van der Waals surface area contributed by atoms with Crippen LogP contribution in [0.1, 0.15) is 27.0 Å². The number of thioether (sulfide) groups is 1. The van der Waals surface area contributed by atoms with Gasteiger partial charge in [0.05, 0.1) is 23.4 Å². The molecule has 1 amide bonds. The Labute approximate surface area is 247 Å². The topological polar surface area (TPSA) is 95.2 Å². The lowest BCUT2D eigenvalue weighted by atomic mass is 10.2. The van der Waals surface area contributed by atoms with Crippen LogP contribution >= 0.6 is 46.7 Å². The Balaban J connectivity index is 1.50. The van der Waals surface area contributed by atoms with Gasteiger partial charge in [0.25, 0.3) is 5.56 Å². The van der Waals surface area contributed by atoms with E-state index in [1.807, 2.05) is 74.5 Å². The fraction of sp³-hybridized carbons (Fsp3) is 0.179. The van der Waals surface area contributed by atoms with Gasteiger partial charge in [-0.25, -0.2) is 9.78 Å². The van der Waals surface area contributed by atoms with Gasteiger partial charge in [-0.05, 0) is 62.8 Å². The number of nitrogens with zero attached hydrogens (tertiary/aromatic N) is 3. The van der Waals surface area contributed by atoms with Crippen molar-refractivity contribution in [2.75, 3.05) is 17.7 Å². The second-order valence-electron chi connectivity index (χ2n) is 8.61. The zero-order valence-electron chi connectivity index (χ0n) is 21.8. The minimum absolute atomic E-state index is 0.0617. The van der Waals surface area contributed by atoms with E-state index in [0.29, 0.717) is 30.7 Å². The SMILES string of the molecule is CCOC(=O)c1sc(=S)n(-c2ccccc2)c1NC(=O)CSc1nc2sc(C)c(C)c2c(=O)n1-c1ccccc1. The highest BCUT2D eigenvalue weighted by Crippen LogP contribution is 2.32. The standard InChI is InChI=1S/C28H24N4O4S4/c1-4-36-26(35)22-23(31(28(37)40-22)18-11-7-5-8-12-18)29-20(33)15-38-27-30-24-21(16(2)17(3)39-24)25(34)32(27)19-13-9-6-10-14-19/h5-14H,4,15H2,1-3H3,(H,29,33). The lowest BCUT2D eigenvalue weighted by Crippen LogP contribution is -2.23. The Morgan fingerprint density at radius 3 is 2.25 bits per heavy atom. The van der Waals surface area contributed by atoms with E-state index in [1.165, 1.54) is 11.3 Å². The molecule has 3 aromatic heterocycles. The number of fused-ring (bicyclic) bond motifs is 1. The lowest BCUT2D eigenvalue weighted by Gasteiger charge is -2.14. The van der Waals surface area contributed by atoms with Gasteiger partial charge in [0.1, 0.15) is 10.6 Å². The van der Waals surface area contributed by atoms with Crippen LogP contribution in [0, 0.1) is 17.8 Å². The van der Waals surface area contributed by atoms with Crippen LogP contribution in [0.2, 0.25) is 0 Å². The molecule has 5 rings (SSSR count). The first-order valence-corrected chi connectivity index (χ1v) is 15.3. The number of ether oxygens (including phenoxy) is 1. The number of anilines is 1. The maximum absolute atomic E-state index is 13.7. The number of aromatic nitrogens is 3. The van der Waals surface area contributed by atoms with Crippen LogP contribution in [0.5, 0.6) is 0 Å². The van der Waals surface area contributed by atoms with E-state index in [1.54, 1.807) is 16.1 Å². The van der Waals surface area contributed by atoms with E-state index >= 15 is 0 Å². The molecule has 0 aliphatic rings. The van der Waals surface area contributed by atoms with Gasteiger partial charge in [-0.15, -0.1) is 11.3 Å². The van der Waals surface area contributed by atoms with Gasteiger partial charge in [-0.2, -0.15) is 0 Å². The monoisotopic (exact) mass is 608 g/mol. The third-order valence-corrected chi connectivity index (χ3v) is 9.46. The van der Waals surface area contributed by atoms with Crippen LogP contribution in [0.4, 0.5) is 5.82 Å². The number of thiazole rings is 1. The molecule has 0 spiro atoms. The third-order valence-electron chi connectivity index (χ3n) is 6.06. The normalized spacial score (nSPS) is 11.1. The Hall–Kier alpha value is -3.58. The molecular weight excluding hydrogens is 585 g/mol. The van der Waals surface area contributed by atoms with Gasteiger partial charge >= 0.3 is 5.97 Å². The summed E-state index contributed by atoms with van der Waals surface area (Å²) in [6.07, 6.45) is 0. The zero-order chi connectivity index (χ0) is 28.4. The van der Waals surface area contributed by atoms with Gasteiger partial charge in [-0.3, -0.25) is 18.7 Å². The molecule has 5 aromatic rings. The van der Waals surface area contributed by atoms with Crippen LogP contribution in [0.25, 0.3) is 21.6 Å². The maximum atomic E-state index is 13.7. The molecule has 0 aliphatic heterocycles. The summed E-state index contributed by atoms with van der Waals surface area (Å²) < 4.78 is 8.81. The molecule has 0 saturated carbocycles. The van der Waals surface area contributed by atoms with Gasteiger partial charge < -0.3 is 10.1 Å². The number of carbonyl (C=O) groups excluding carboxylic acids is 2. The molecule has 0 aliphatic carbocycles. The fourth-order valence-corrected chi connectivity index (χ4v) is 7.28. The van der Waals surface area contributed by atoms with E-state index in [2.05, 4.69) is 5.32 Å². The first kappa shape index (κ1) is 28.0. The van der Waals surface area contributed by atoms with Crippen LogP contribution in [0.3, 0.4) is 0 Å². The molecule has 8 nitrogen and oxygen atoms in total. The smallest absolute Gasteiger partial charge is 0.352 e. The molecule has 1 N–H and O–H groups in total. The molecular formula is C28H24N4O4S4. The highest BCUT2D eigenvalue weighted by atomic mass is 32.2. The van der Waals surface area contributed by atoms with Crippen molar-refractivity contribution in [2.45, 2.75) is 25.9 Å². The predicted molar refractivity (Wildman–Crippen MR) is 164 cm³/mol. The number of amides is 1. The van der Waals surface area contributed by atoms with Crippen molar-refractivity contribution in [3.63, 3.8) is 0 Å². The number of carbonyl (C=O) groups is 2.